The van der Waals surface area contributed by atoms with Crippen molar-refractivity contribution in [1.29, 1.82) is 0 Å². The number of benzene rings is 1. The van der Waals surface area contributed by atoms with Gasteiger partial charge in [-0.15, -0.1) is 0 Å². The Labute approximate surface area is 183 Å². The standard InChI is InChI=1S/C19H22N6O4S2/c1-12-22-18(29-23-12)13-4-7-25(8-5-13)16-6-9-28-17-10-14(2-3-15(16)17)31(26,27)24-19-20-11-21-30-19/h2-3,10-11,13,16H,4-9H2,1H3,(H,20,21,24)/t16-/m0/s1. The third-order valence-electron chi connectivity index (χ3n) is 5.75. The first-order valence-electron chi connectivity index (χ1n) is 10.1. The van der Waals surface area contributed by atoms with Crippen LogP contribution in [0.25, 0.3) is 0 Å². The molecule has 1 N–H and O–H groups in total. The van der Waals surface area contributed by atoms with Crippen molar-refractivity contribution in [1.82, 2.24) is 24.4 Å². The van der Waals surface area contributed by atoms with Gasteiger partial charge < -0.3 is 9.26 Å². The topological polar surface area (TPSA) is 123 Å². The predicted molar refractivity (Wildman–Crippen MR) is 113 cm³/mol. The zero-order valence-corrected chi connectivity index (χ0v) is 18.5. The van der Waals surface area contributed by atoms with Crippen LogP contribution in [0.3, 0.4) is 0 Å². The van der Waals surface area contributed by atoms with Gasteiger partial charge in [0.1, 0.15) is 12.1 Å². The van der Waals surface area contributed by atoms with Gasteiger partial charge >= 0.3 is 0 Å². The van der Waals surface area contributed by atoms with E-state index in [-0.39, 0.29) is 22.0 Å². The van der Waals surface area contributed by atoms with Crippen molar-refractivity contribution in [2.24, 2.45) is 0 Å². The molecule has 5 rings (SSSR count). The summed E-state index contributed by atoms with van der Waals surface area (Å²) < 4.78 is 42.8. The SMILES string of the molecule is Cc1noc(C2CCN([C@H]3CCOc4cc(S(=O)(=O)Nc5ncns5)ccc43)CC2)n1. The second kappa shape index (κ2) is 8.17. The van der Waals surface area contributed by atoms with Gasteiger partial charge in [-0.25, -0.2) is 13.4 Å². The van der Waals surface area contributed by atoms with Gasteiger partial charge in [-0.3, -0.25) is 9.62 Å². The van der Waals surface area contributed by atoms with E-state index in [0.29, 0.717) is 18.2 Å². The van der Waals surface area contributed by atoms with Crippen LogP contribution in [-0.4, -0.2) is 52.5 Å². The Morgan fingerprint density at radius 3 is 2.77 bits per heavy atom. The number of sulfonamides is 1. The minimum Gasteiger partial charge on any atom is -0.493 e. The summed E-state index contributed by atoms with van der Waals surface area (Å²) in [7, 11) is -3.75. The van der Waals surface area contributed by atoms with E-state index in [2.05, 4.69) is 29.1 Å². The molecule has 10 nitrogen and oxygen atoms in total. The number of anilines is 1. The van der Waals surface area contributed by atoms with Crippen molar-refractivity contribution >= 4 is 26.7 Å². The van der Waals surface area contributed by atoms with E-state index in [9.17, 15) is 8.42 Å². The Morgan fingerprint density at radius 2 is 2.06 bits per heavy atom. The van der Waals surface area contributed by atoms with Gasteiger partial charge in [0.15, 0.2) is 5.82 Å². The summed E-state index contributed by atoms with van der Waals surface area (Å²) >= 11 is 0.988. The molecule has 1 atom stereocenters. The molecule has 164 valence electrons. The summed E-state index contributed by atoms with van der Waals surface area (Å²) in [5.41, 5.74) is 1.02. The number of rotatable bonds is 5. The van der Waals surface area contributed by atoms with Crippen molar-refractivity contribution in [3.63, 3.8) is 0 Å². The molecule has 1 saturated heterocycles. The van der Waals surface area contributed by atoms with Crippen LogP contribution in [0.15, 0.2) is 33.9 Å². The molecule has 0 spiro atoms. The number of aryl methyl sites for hydroxylation is 1. The number of fused-ring (bicyclic) bond motifs is 1. The molecule has 0 aliphatic carbocycles. The summed E-state index contributed by atoms with van der Waals surface area (Å²) in [6, 6.07) is 5.28. The molecule has 4 heterocycles. The summed E-state index contributed by atoms with van der Waals surface area (Å²) in [6.07, 6.45) is 4.08. The first-order chi connectivity index (χ1) is 15.0. The lowest BCUT2D eigenvalue weighted by atomic mass is 9.92. The van der Waals surface area contributed by atoms with Gasteiger partial charge in [0.2, 0.25) is 11.0 Å². The third-order valence-corrected chi connectivity index (χ3v) is 7.79. The van der Waals surface area contributed by atoms with Crippen LogP contribution >= 0.6 is 11.5 Å². The van der Waals surface area contributed by atoms with Gasteiger partial charge in [0.25, 0.3) is 10.0 Å². The van der Waals surface area contributed by atoms with E-state index in [1.807, 2.05) is 13.0 Å². The highest BCUT2D eigenvalue weighted by Gasteiger charge is 2.33. The highest BCUT2D eigenvalue weighted by atomic mass is 32.2. The molecule has 0 amide bonds. The zero-order valence-electron chi connectivity index (χ0n) is 16.9. The summed E-state index contributed by atoms with van der Waals surface area (Å²) in [5, 5.41) is 4.14. The Hall–Kier alpha value is -2.57. The second-order valence-corrected chi connectivity index (χ2v) is 10.2. The quantitative estimate of drug-likeness (QED) is 0.609. The highest BCUT2D eigenvalue weighted by molar-refractivity contribution is 7.93. The molecular formula is C19H22N6O4S2. The minimum atomic E-state index is -3.75. The average Bonchev–Trinajstić information content (AvgIpc) is 3.44. The van der Waals surface area contributed by atoms with Crippen molar-refractivity contribution in [3.8, 4) is 5.75 Å². The van der Waals surface area contributed by atoms with Crippen LogP contribution in [0.2, 0.25) is 0 Å². The van der Waals surface area contributed by atoms with E-state index in [4.69, 9.17) is 9.26 Å². The molecule has 3 aromatic rings. The fourth-order valence-corrected chi connectivity index (χ4v) is 5.90. The maximum atomic E-state index is 12.7. The molecule has 1 aromatic carbocycles. The van der Waals surface area contributed by atoms with E-state index in [1.165, 1.54) is 6.33 Å². The van der Waals surface area contributed by atoms with E-state index >= 15 is 0 Å². The number of piperidine rings is 1. The Morgan fingerprint density at radius 1 is 1.23 bits per heavy atom. The molecule has 2 aliphatic rings. The molecule has 12 heteroatoms. The fraction of sp³-hybridized carbons (Fsp3) is 0.474. The number of nitrogens with zero attached hydrogens (tertiary/aromatic N) is 5. The maximum Gasteiger partial charge on any atom is 0.263 e. The molecule has 0 bridgehead atoms. The molecule has 2 aromatic heterocycles. The van der Waals surface area contributed by atoms with Crippen LogP contribution in [-0.2, 0) is 10.0 Å². The van der Waals surface area contributed by atoms with Crippen LogP contribution in [0, 0.1) is 6.92 Å². The number of nitrogens with one attached hydrogen (secondary N) is 1. The molecule has 0 unspecified atom stereocenters. The Kier molecular flexibility index (Phi) is 5.36. The zero-order chi connectivity index (χ0) is 21.4. The van der Waals surface area contributed by atoms with Gasteiger partial charge in [0, 0.05) is 41.5 Å². The molecule has 0 saturated carbocycles. The van der Waals surface area contributed by atoms with E-state index in [0.717, 1.165) is 55.3 Å². The summed E-state index contributed by atoms with van der Waals surface area (Å²) in [4.78, 5) is 10.8. The number of hydrogen-bond donors (Lipinski definition) is 1. The molecule has 0 radical (unpaired) electrons. The Balaban J connectivity index is 1.31. The fourth-order valence-electron chi connectivity index (χ4n) is 4.23. The van der Waals surface area contributed by atoms with Gasteiger partial charge in [-0.2, -0.15) is 9.36 Å². The monoisotopic (exact) mass is 462 g/mol. The van der Waals surface area contributed by atoms with Crippen molar-refractivity contribution in [2.45, 2.75) is 43.0 Å². The number of likely N-dealkylation sites (tertiary alicyclic amines) is 1. The van der Waals surface area contributed by atoms with Crippen LogP contribution < -0.4 is 9.46 Å². The first-order valence-corrected chi connectivity index (χ1v) is 12.4. The van der Waals surface area contributed by atoms with Gasteiger partial charge in [-0.1, -0.05) is 11.2 Å². The molecule has 2 aliphatic heterocycles. The highest BCUT2D eigenvalue weighted by Crippen LogP contribution is 2.40. The third kappa shape index (κ3) is 4.14. The minimum absolute atomic E-state index is 0.146. The molecule has 31 heavy (non-hydrogen) atoms. The number of ether oxygens (including phenoxy) is 1. The number of aromatic nitrogens is 4. The number of hydrogen-bond acceptors (Lipinski definition) is 10. The average molecular weight is 463 g/mol. The largest absolute Gasteiger partial charge is 0.493 e. The molecule has 1 fully saturated rings. The smallest absolute Gasteiger partial charge is 0.263 e. The van der Waals surface area contributed by atoms with E-state index < -0.39 is 10.0 Å². The van der Waals surface area contributed by atoms with Gasteiger partial charge in [0.05, 0.1) is 11.5 Å². The van der Waals surface area contributed by atoms with Crippen LogP contribution in [0.4, 0.5) is 5.13 Å². The summed E-state index contributed by atoms with van der Waals surface area (Å²) in [5.74, 6) is 2.30. The Bertz CT molecular complexity index is 1160. The van der Waals surface area contributed by atoms with Crippen molar-refractivity contribution in [3.05, 3.63) is 41.8 Å². The normalized spacial score (nSPS) is 20.2. The lowest BCUT2D eigenvalue weighted by molar-refractivity contribution is 0.106. The van der Waals surface area contributed by atoms with Crippen molar-refractivity contribution < 1.29 is 17.7 Å². The van der Waals surface area contributed by atoms with Crippen molar-refractivity contribution in [2.75, 3.05) is 24.4 Å². The van der Waals surface area contributed by atoms with E-state index in [1.54, 1.807) is 12.1 Å². The maximum absolute atomic E-state index is 12.7. The lowest BCUT2D eigenvalue weighted by Gasteiger charge is -2.39. The van der Waals surface area contributed by atoms with Gasteiger partial charge in [-0.05, 0) is 38.9 Å². The lowest BCUT2D eigenvalue weighted by Crippen LogP contribution is -2.38. The molecular weight excluding hydrogens is 440 g/mol. The summed E-state index contributed by atoms with van der Waals surface area (Å²) in [6.45, 7) is 4.20. The van der Waals surface area contributed by atoms with Crippen LogP contribution in [0.1, 0.15) is 48.5 Å². The van der Waals surface area contributed by atoms with Crippen LogP contribution in [0.5, 0.6) is 5.75 Å². The first kappa shape index (κ1) is 20.3. The second-order valence-electron chi connectivity index (χ2n) is 7.69. The predicted octanol–water partition coefficient (Wildman–Crippen LogP) is 2.73.